The lowest BCUT2D eigenvalue weighted by Gasteiger charge is -2.30. The maximum Gasteiger partial charge on any atom is 0.410 e. The highest BCUT2D eigenvalue weighted by atomic mass is 35.5. The van der Waals surface area contributed by atoms with Crippen LogP contribution in [0.15, 0.2) is 12.1 Å². The number of likely N-dealkylation sites (tertiary alicyclic amines) is 2. The van der Waals surface area contributed by atoms with Crippen molar-refractivity contribution in [3.8, 4) is 5.75 Å². The van der Waals surface area contributed by atoms with Crippen molar-refractivity contribution in [2.75, 3.05) is 40.6 Å². The Balaban J connectivity index is 1.86. The number of nitrogens with one attached hydrogen (secondary N) is 1. The molecule has 216 valence electrons. The summed E-state index contributed by atoms with van der Waals surface area (Å²) < 4.78 is 43.2. The molecule has 11 nitrogen and oxygen atoms in total. The van der Waals surface area contributed by atoms with Crippen LogP contribution in [0.4, 0.5) is 4.79 Å². The molecule has 2 fully saturated rings. The largest absolute Gasteiger partial charge is 0.467 e. The first kappa shape index (κ1) is 31.2. The molecule has 1 amide bonds. The van der Waals surface area contributed by atoms with E-state index in [1.54, 1.807) is 37.8 Å². The highest BCUT2D eigenvalue weighted by molar-refractivity contribution is 7.90. The lowest BCUT2D eigenvalue weighted by molar-refractivity contribution is -0.00593. The van der Waals surface area contributed by atoms with Gasteiger partial charge >= 0.3 is 6.09 Å². The Morgan fingerprint density at radius 2 is 1.92 bits per heavy atom. The Bertz CT molecular complexity index is 1100. The highest BCUT2D eigenvalue weighted by Gasteiger charge is 2.45. The molecule has 0 bridgehead atoms. The number of halogens is 2. The number of aliphatic hydroxyl groups excluding tert-OH is 2. The number of ether oxygens (including phenoxy) is 3. The standard InChI is InChI=1S/C24H37Cl2N3O8S/c1-24(2,3)37-23(32)29-10-14(9-20(31)28-11-17(30)19(12-28)38(33,34)27-4)8-16(29)21-18(36-13-35-5)7-6-15(25)22(21)26/h6-7,14,16-17,19-20,27,30-31H,8-13H2,1-5H3/t14-,16+,17+,19+,20?/m0/s1. The van der Waals surface area contributed by atoms with Crippen LogP contribution in [0.2, 0.25) is 10.0 Å². The molecule has 0 radical (unpaired) electrons. The Labute approximate surface area is 234 Å². The molecule has 2 saturated heterocycles. The topological polar surface area (TPSA) is 138 Å². The second kappa shape index (κ2) is 12.4. The van der Waals surface area contributed by atoms with Crippen molar-refractivity contribution in [2.24, 2.45) is 5.92 Å². The van der Waals surface area contributed by atoms with E-state index < -0.39 is 45.3 Å². The number of carbonyl (C=O) groups excluding carboxylic acids is 1. The van der Waals surface area contributed by atoms with Crippen LogP contribution < -0.4 is 9.46 Å². The van der Waals surface area contributed by atoms with Gasteiger partial charge in [-0.2, -0.15) is 0 Å². The van der Waals surface area contributed by atoms with Crippen LogP contribution in [-0.2, 0) is 19.5 Å². The zero-order valence-corrected chi connectivity index (χ0v) is 24.5. The average Bonchev–Trinajstić information content (AvgIpc) is 3.42. The minimum Gasteiger partial charge on any atom is -0.467 e. The Morgan fingerprint density at radius 3 is 2.53 bits per heavy atom. The summed E-state index contributed by atoms with van der Waals surface area (Å²) in [6, 6.07) is 2.69. The summed E-state index contributed by atoms with van der Waals surface area (Å²) in [6.07, 6.45) is -2.09. The SMILES string of the molecule is CNS(=O)(=O)[C@@H]1CN(C(O)C[C@@H]2C[C@H](c3c(OCOC)ccc(Cl)c3Cl)N(C(=O)OC(C)(C)C)C2)C[C@H]1O. The molecular formula is C24H37Cl2N3O8S. The number of sulfonamides is 1. The van der Waals surface area contributed by atoms with Gasteiger partial charge in [-0.1, -0.05) is 23.2 Å². The molecule has 14 heteroatoms. The number of hydrogen-bond acceptors (Lipinski definition) is 9. The number of nitrogens with zero attached hydrogens (tertiary/aromatic N) is 2. The predicted octanol–water partition coefficient (Wildman–Crippen LogP) is 2.58. The summed E-state index contributed by atoms with van der Waals surface area (Å²) in [6.45, 7) is 5.50. The van der Waals surface area contributed by atoms with Crippen LogP contribution in [-0.4, -0.2) is 98.3 Å². The Hall–Kier alpha value is -1.38. The van der Waals surface area contributed by atoms with Gasteiger partial charge in [0.1, 0.15) is 22.8 Å². The van der Waals surface area contributed by atoms with E-state index in [1.807, 2.05) is 0 Å². The molecule has 3 N–H and O–H groups in total. The first-order valence-corrected chi connectivity index (χ1v) is 14.6. The van der Waals surface area contributed by atoms with Gasteiger partial charge in [0.05, 0.1) is 22.2 Å². The van der Waals surface area contributed by atoms with Crippen LogP contribution in [0.1, 0.15) is 45.2 Å². The fourth-order valence-corrected chi connectivity index (χ4v) is 6.57. The monoisotopic (exact) mass is 597 g/mol. The molecule has 0 saturated carbocycles. The molecule has 0 aliphatic carbocycles. The quantitative estimate of drug-likeness (QED) is 0.366. The maximum absolute atomic E-state index is 13.3. The van der Waals surface area contributed by atoms with Crippen molar-refractivity contribution in [1.29, 1.82) is 0 Å². The van der Waals surface area contributed by atoms with Gasteiger partial charge < -0.3 is 29.3 Å². The number of β-amino-alcohol motifs (C(OH)–C–C–N with tert-alkyl or cyclic N) is 1. The zero-order valence-electron chi connectivity index (χ0n) is 22.2. The molecule has 38 heavy (non-hydrogen) atoms. The van der Waals surface area contributed by atoms with Crippen molar-refractivity contribution in [1.82, 2.24) is 14.5 Å². The smallest absolute Gasteiger partial charge is 0.410 e. The normalized spacial score (nSPS) is 25.6. The summed E-state index contributed by atoms with van der Waals surface area (Å²) >= 11 is 13.0. The van der Waals surface area contributed by atoms with Crippen LogP contribution in [0.3, 0.4) is 0 Å². The first-order valence-electron chi connectivity index (χ1n) is 12.3. The molecule has 5 atom stereocenters. The first-order chi connectivity index (χ1) is 17.7. The van der Waals surface area contributed by atoms with Crippen molar-refractivity contribution < 1.29 is 37.6 Å². The lowest BCUT2D eigenvalue weighted by Crippen LogP contribution is -2.40. The van der Waals surface area contributed by atoms with E-state index in [4.69, 9.17) is 37.4 Å². The van der Waals surface area contributed by atoms with Crippen molar-refractivity contribution >= 4 is 39.3 Å². The number of amides is 1. The molecule has 2 heterocycles. The van der Waals surface area contributed by atoms with Gasteiger partial charge in [0, 0.05) is 32.3 Å². The number of benzene rings is 1. The minimum absolute atomic E-state index is 0.00774. The third-order valence-corrected chi connectivity index (χ3v) is 9.34. The summed E-state index contributed by atoms with van der Waals surface area (Å²) in [5.41, 5.74) is -0.234. The van der Waals surface area contributed by atoms with E-state index >= 15 is 0 Å². The van der Waals surface area contributed by atoms with E-state index in [0.29, 0.717) is 22.8 Å². The highest BCUT2D eigenvalue weighted by Crippen LogP contribution is 2.47. The van der Waals surface area contributed by atoms with E-state index in [1.165, 1.54) is 19.1 Å². The Kier molecular flexibility index (Phi) is 10.2. The number of hydrogen-bond donors (Lipinski definition) is 3. The number of rotatable bonds is 9. The second-order valence-corrected chi connectivity index (χ2v) is 13.5. The van der Waals surface area contributed by atoms with Gasteiger partial charge in [-0.15, -0.1) is 0 Å². The van der Waals surface area contributed by atoms with E-state index in [0.717, 1.165) is 0 Å². The lowest BCUT2D eigenvalue weighted by atomic mass is 9.96. The molecule has 3 rings (SSSR count). The summed E-state index contributed by atoms with van der Waals surface area (Å²) in [4.78, 5) is 16.4. The summed E-state index contributed by atoms with van der Waals surface area (Å²) in [7, 11) is -0.945. The van der Waals surface area contributed by atoms with E-state index in [9.17, 15) is 23.4 Å². The molecule has 1 aromatic rings. The van der Waals surface area contributed by atoms with Crippen LogP contribution in [0.25, 0.3) is 0 Å². The molecule has 1 unspecified atom stereocenters. The number of methoxy groups -OCH3 is 1. The molecule has 2 aliphatic rings. The van der Waals surface area contributed by atoms with Crippen LogP contribution in [0, 0.1) is 5.92 Å². The van der Waals surface area contributed by atoms with Crippen molar-refractivity contribution in [2.45, 2.75) is 62.8 Å². The predicted molar refractivity (Wildman–Crippen MR) is 143 cm³/mol. The van der Waals surface area contributed by atoms with E-state index in [-0.39, 0.29) is 43.8 Å². The van der Waals surface area contributed by atoms with E-state index in [2.05, 4.69) is 4.72 Å². The molecular weight excluding hydrogens is 561 g/mol. The molecule has 0 spiro atoms. The third kappa shape index (κ3) is 7.22. The van der Waals surface area contributed by atoms with Crippen molar-refractivity contribution in [3.63, 3.8) is 0 Å². The van der Waals surface area contributed by atoms with Crippen molar-refractivity contribution in [3.05, 3.63) is 27.7 Å². The second-order valence-electron chi connectivity index (χ2n) is 10.6. The fraction of sp³-hybridized carbons (Fsp3) is 0.708. The number of aliphatic hydroxyl groups is 2. The number of carbonyl (C=O) groups is 1. The molecule has 2 aliphatic heterocycles. The van der Waals surface area contributed by atoms with Crippen LogP contribution >= 0.6 is 23.2 Å². The molecule has 0 aromatic heterocycles. The van der Waals surface area contributed by atoms with Crippen LogP contribution in [0.5, 0.6) is 5.75 Å². The van der Waals surface area contributed by atoms with Gasteiger partial charge in [0.2, 0.25) is 10.0 Å². The Morgan fingerprint density at radius 1 is 1.24 bits per heavy atom. The summed E-state index contributed by atoms with van der Waals surface area (Å²) in [5, 5.41) is 20.8. The average molecular weight is 599 g/mol. The molecule has 1 aromatic carbocycles. The van der Waals surface area contributed by atoms with Gasteiger partial charge in [-0.25, -0.2) is 17.9 Å². The van der Waals surface area contributed by atoms with Gasteiger partial charge in [-0.3, -0.25) is 4.90 Å². The summed E-state index contributed by atoms with van der Waals surface area (Å²) in [5.74, 6) is 0.203. The zero-order chi connectivity index (χ0) is 28.4. The maximum atomic E-state index is 13.3. The fourth-order valence-electron chi connectivity index (χ4n) is 4.93. The minimum atomic E-state index is -3.72. The third-order valence-electron chi connectivity index (χ3n) is 6.69. The van der Waals surface area contributed by atoms with Gasteiger partial charge in [-0.05, 0) is 58.7 Å². The van der Waals surface area contributed by atoms with Gasteiger partial charge in [0.15, 0.2) is 6.79 Å². The van der Waals surface area contributed by atoms with Gasteiger partial charge in [0.25, 0.3) is 0 Å².